The van der Waals surface area contributed by atoms with E-state index in [2.05, 4.69) is 38.5 Å². The van der Waals surface area contributed by atoms with Crippen molar-refractivity contribution >= 4 is 12.6 Å². The average Bonchev–Trinajstić information content (AvgIpc) is 2.50. The lowest BCUT2D eigenvalue weighted by atomic mass is 9.82. The molecule has 4 heteroatoms. The molecule has 0 aromatic carbocycles. The lowest BCUT2D eigenvalue weighted by Crippen LogP contribution is -2.28. The Labute approximate surface area is 97.2 Å². The second kappa shape index (κ2) is 4.92. The number of nitrogens with zero attached hydrogens (tertiary/aromatic N) is 2. The standard InChI is InChI=1S/C11H20N2OS/c1-11(2,3)9(8-15)7-14-10-5-12-13(4)6-10/h5-6,9,15H,7-8H2,1-4H3. The summed E-state index contributed by atoms with van der Waals surface area (Å²) in [6.07, 6.45) is 3.61. The summed E-state index contributed by atoms with van der Waals surface area (Å²) in [6, 6.07) is 0. The highest BCUT2D eigenvalue weighted by atomic mass is 32.1. The van der Waals surface area contributed by atoms with Gasteiger partial charge in [-0.15, -0.1) is 0 Å². The Bertz CT molecular complexity index is 304. The van der Waals surface area contributed by atoms with Gasteiger partial charge in [0.1, 0.15) is 0 Å². The van der Waals surface area contributed by atoms with Gasteiger partial charge in [0.05, 0.1) is 19.0 Å². The third-order valence-electron chi connectivity index (χ3n) is 2.58. The first-order chi connectivity index (χ1) is 6.93. The Morgan fingerprint density at radius 3 is 2.60 bits per heavy atom. The summed E-state index contributed by atoms with van der Waals surface area (Å²) in [6.45, 7) is 7.32. The summed E-state index contributed by atoms with van der Waals surface area (Å²) in [5, 5.41) is 4.06. The van der Waals surface area contributed by atoms with Gasteiger partial charge < -0.3 is 4.74 Å². The highest BCUT2D eigenvalue weighted by molar-refractivity contribution is 7.80. The van der Waals surface area contributed by atoms with E-state index >= 15 is 0 Å². The minimum atomic E-state index is 0.226. The quantitative estimate of drug-likeness (QED) is 0.801. The molecule has 0 saturated heterocycles. The minimum absolute atomic E-state index is 0.226. The Morgan fingerprint density at radius 2 is 2.20 bits per heavy atom. The molecular formula is C11H20N2OS. The third-order valence-corrected chi connectivity index (χ3v) is 3.02. The van der Waals surface area contributed by atoms with Crippen LogP contribution in [0.2, 0.25) is 0 Å². The van der Waals surface area contributed by atoms with Gasteiger partial charge in [-0.05, 0) is 11.2 Å². The number of aryl methyl sites for hydroxylation is 1. The molecule has 1 atom stereocenters. The van der Waals surface area contributed by atoms with E-state index in [-0.39, 0.29) is 5.41 Å². The number of ether oxygens (including phenoxy) is 1. The van der Waals surface area contributed by atoms with Crippen molar-refractivity contribution in [2.75, 3.05) is 12.4 Å². The zero-order valence-electron chi connectivity index (χ0n) is 9.90. The zero-order chi connectivity index (χ0) is 11.5. The topological polar surface area (TPSA) is 27.1 Å². The molecule has 15 heavy (non-hydrogen) atoms. The van der Waals surface area contributed by atoms with Crippen LogP contribution in [0.15, 0.2) is 12.4 Å². The van der Waals surface area contributed by atoms with Gasteiger partial charge in [-0.2, -0.15) is 17.7 Å². The van der Waals surface area contributed by atoms with Crippen molar-refractivity contribution in [3.63, 3.8) is 0 Å². The van der Waals surface area contributed by atoms with E-state index < -0.39 is 0 Å². The molecule has 1 unspecified atom stereocenters. The molecule has 1 rings (SSSR count). The SMILES string of the molecule is Cn1cc(OCC(CS)C(C)(C)C)cn1. The van der Waals surface area contributed by atoms with E-state index in [4.69, 9.17) is 4.74 Å². The first-order valence-electron chi connectivity index (χ1n) is 5.16. The molecule has 1 aromatic heterocycles. The van der Waals surface area contributed by atoms with Gasteiger partial charge in [0.2, 0.25) is 0 Å². The molecule has 1 heterocycles. The number of hydrogen-bond acceptors (Lipinski definition) is 3. The Balaban J connectivity index is 2.48. The van der Waals surface area contributed by atoms with Crippen LogP contribution in [-0.2, 0) is 7.05 Å². The number of hydrogen-bond donors (Lipinski definition) is 1. The molecule has 0 aliphatic rings. The molecule has 0 fully saturated rings. The van der Waals surface area contributed by atoms with Crippen molar-refractivity contribution < 1.29 is 4.74 Å². The Kier molecular flexibility index (Phi) is 4.08. The fourth-order valence-electron chi connectivity index (χ4n) is 1.25. The highest BCUT2D eigenvalue weighted by Gasteiger charge is 2.23. The number of aromatic nitrogens is 2. The van der Waals surface area contributed by atoms with Crippen LogP contribution in [0.3, 0.4) is 0 Å². The van der Waals surface area contributed by atoms with Crippen LogP contribution >= 0.6 is 12.6 Å². The van der Waals surface area contributed by atoms with Crippen molar-refractivity contribution in [3.05, 3.63) is 12.4 Å². The van der Waals surface area contributed by atoms with Gasteiger partial charge in [0.15, 0.2) is 5.75 Å². The second-order valence-electron chi connectivity index (χ2n) is 4.91. The molecule has 0 N–H and O–H groups in total. The van der Waals surface area contributed by atoms with Crippen LogP contribution in [0, 0.1) is 11.3 Å². The van der Waals surface area contributed by atoms with Crippen LogP contribution in [-0.4, -0.2) is 22.1 Å². The Hall–Kier alpha value is -0.640. The van der Waals surface area contributed by atoms with Crippen molar-refractivity contribution in [1.29, 1.82) is 0 Å². The highest BCUT2D eigenvalue weighted by Crippen LogP contribution is 2.27. The fourth-order valence-corrected chi connectivity index (χ4v) is 1.90. The zero-order valence-corrected chi connectivity index (χ0v) is 10.8. The summed E-state index contributed by atoms with van der Waals surface area (Å²) < 4.78 is 7.41. The van der Waals surface area contributed by atoms with E-state index in [1.54, 1.807) is 10.9 Å². The van der Waals surface area contributed by atoms with Crippen molar-refractivity contribution in [2.45, 2.75) is 20.8 Å². The van der Waals surface area contributed by atoms with Gasteiger partial charge in [-0.1, -0.05) is 20.8 Å². The lowest BCUT2D eigenvalue weighted by molar-refractivity contribution is 0.165. The van der Waals surface area contributed by atoms with Gasteiger partial charge in [0, 0.05) is 13.0 Å². The summed E-state index contributed by atoms with van der Waals surface area (Å²) in [7, 11) is 1.88. The normalized spacial score (nSPS) is 13.9. The Morgan fingerprint density at radius 1 is 1.53 bits per heavy atom. The minimum Gasteiger partial charge on any atom is -0.490 e. The van der Waals surface area contributed by atoms with E-state index in [1.807, 2.05) is 13.2 Å². The summed E-state index contributed by atoms with van der Waals surface area (Å²) in [5.41, 5.74) is 0.226. The van der Waals surface area contributed by atoms with E-state index in [1.165, 1.54) is 0 Å². The monoisotopic (exact) mass is 228 g/mol. The summed E-state index contributed by atoms with van der Waals surface area (Å²) in [5.74, 6) is 2.11. The predicted octanol–water partition coefficient (Wildman–Crippen LogP) is 2.39. The molecule has 86 valence electrons. The number of rotatable bonds is 4. The third kappa shape index (κ3) is 3.78. The maximum absolute atomic E-state index is 5.67. The number of thiol groups is 1. The van der Waals surface area contributed by atoms with E-state index in [9.17, 15) is 0 Å². The molecule has 0 bridgehead atoms. The van der Waals surface area contributed by atoms with Gasteiger partial charge in [0.25, 0.3) is 0 Å². The van der Waals surface area contributed by atoms with Gasteiger partial charge in [-0.3, -0.25) is 4.68 Å². The maximum Gasteiger partial charge on any atom is 0.157 e. The van der Waals surface area contributed by atoms with Gasteiger partial charge in [-0.25, -0.2) is 0 Å². The van der Waals surface area contributed by atoms with E-state index in [0.717, 1.165) is 11.5 Å². The first kappa shape index (κ1) is 12.4. The van der Waals surface area contributed by atoms with Crippen molar-refractivity contribution in [2.24, 2.45) is 18.4 Å². The molecule has 0 saturated carbocycles. The predicted molar refractivity (Wildman–Crippen MR) is 65.5 cm³/mol. The van der Waals surface area contributed by atoms with Crippen molar-refractivity contribution in [1.82, 2.24) is 9.78 Å². The molecule has 0 aliphatic carbocycles. The van der Waals surface area contributed by atoms with Crippen LogP contribution in [0.4, 0.5) is 0 Å². The van der Waals surface area contributed by atoms with Crippen LogP contribution < -0.4 is 4.74 Å². The molecule has 1 aromatic rings. The van der Waals surface area contributed by atoms with Crippen molar-refractivity contribution in [3.8, 4) is 5.75 Å². The molecule has 0 aliphatic heterocycles. The largest absolute Gasteiger partial charge is 0.490 e. The molecule has 0 amide bonds. The lowest BCUT2D eigenvalue weighted by Gasteiger charge is -2.28. The van der Waals surface area contributed by atoms with Crippen LogP contribution in [0.25, 0.3) is 0 Å². The maximum atomic E-state index is 5.67. The van der Waals surface area contributed by atoms with Gasteiger partial charge >= 0.3 is 0 Å². The molecular weight excluding hydrogens is 208 g/mol. The van der Waals surface area contributed by atoms with Crippen LogP contribution in [0.5, 0.6) is 5.75 Å². The average molecular weight is 228 g/mol. The molecule has 3 nitrogen and oxygen atoms in total. The summed E-state index contributed by atoms with van der Waals surface area (Å²) >= 11 is 4.36. The second-order valence-corrected chi connectivity index (χ2v) is 5.27. The first-order valence-corrected chi connectivity index (χ1v) is 5.79. The summed E-state index contributed by atoms with van der Waals surface area (Å²) in [4.78, 5) is 0. The smallest absolute Gasteiger partial charge is 0.157 e. The molecule has 0 spiro atoms. The molecule has 0 radical (unpaired) electrons. The van der Waals surface area contributed by atoms with E-state index in [0.29, 0.717) is 12.5 Å². The fraction of sp³-hybridized carbons (Fsp3) is 0.727. The van der Waals surface area contributed by atoms with Crippen LogP contribution in [0.1, 0.15) is 20.8 Å².